The first-order valence-corrected chi connectivity index (χ1v) is 7.58. The molecule has 1 aliphatic rings. The fourth-order valence-electron chi connectivity index (χ4n) is 2.79. The average Bonchev–Trinajstić information content (AvgIpc) is 2.76. The van der Waals surface area contributed by atoms with E-state index in [1.165, 1.54) is 12.8 Å². The van der Waals surface area contributed by atoms with Crippen LogP contribution in [0.4, 0.5) is 0 Å². The lowest BCUT2D eigenvalue weighted by Gasteiger charge is -2.13. The minimum Gasteiger partial charge on any atom is -0.438 e. The number of rotatable bonds is 4. The van der Waals surface area contributed by atoms with E-state index in [2.05, 4.69) is 9.97 Å². The van der Waals surface area contributed by atoms with Crippen LogP contribution in [0.2, 0.25) is 0 Å². The second kappa shape index (κ2) is 6.68. The Bertz CT molecular complexity index is 613. The number of aliphatic hydroxyl groups excluding tert-OH is 1. The molecule has 1 heterocycles. The van der Waals surface area contributed by atoms with Crippen LogP contribution in [-0.4, -0.2) is 21.7 Å². The zero-order valence-corrected chi connectivity index (χ0v) is 12.1. The van der Waals surface area contributed by atoms with E-state index < -0.39 is 0 Å². The molecular formula is C17H20N2O2. The van der Waals surface area contributed by atoms with Crippen LogP contribution in [0.3, 0.4) is 0 Å². The zero-order valence-electron chi connectivity index (χ0n) is 12.1. The Morgan fingerprint density at radius 3 is 2.81 bits per heavy atom. The van der Waals surface area contributed by atoms with Crippen molar-refractivity contribution in [3.63, 3.8) is 0 Å². The molecule has 0 fully saturated rings. The Morgan fingerprint density at radius 2 is 1.90 bits per heavy atom. The van der Waals surface area contributed by atoms with Crippen LogP contribution >= 0.6 is 0 Å². The summed E-state index contributed by atoms with van der Waals surface area (Å²) in [4.78, 5) is 8.74. The van der Waals surface area contributed by atoms with Gasteiger partial charge in [-0.3, -0.25) is 0 Å². The number of hydrogen-bond donors (Lipinski definition) is 1. The summed E-state index contributed by atoms with van der Waals surface area (Å²) in [6, 6.07) is 7.80. The van der Waals surface area contributed by atoms with Crippen molar-refractivity contribution in [2.75, 3.05) is 6.61 Å². The Balaban J connectivity index is 1.92. The fraction of sp³-hybridized carbons (Fsp3) is 0.412. The molecule has 1 aliphatic carbocycles. The first-order valence-electron chi connectivity index (χ1n) is 7.58. The molecule has 1 aromatic carbocycles. The summed E-state index contributed by atoms with van der Waals surface area (Å²) in [5.74, 6) is 1.45. The molecule has 0 saturated heterocycles. The van der Waals surface area contributed by atoms with E-state index in [-0.39, 0.29) is 6.61 Å². The van der Waals surface area contributed by atoms with Gasteiger partial charge in [0, 0.05) is 12.2 Å². The minimum atomic E-state index is 0.113. The number of fused-ring (bicyclic) bond motifs is 1. The summed E-state index contributed by atoms with van der Waals surface area (Å²) in [6.45, 7) is 0.113. The summed E-state index contributed by atoms with van der Waals surface area (Å²) in [5.41, 5.74) is 3.27. The second-order valence-electron chi connectivity index (χ2n) is 5.35. The number of benzene rings is 1. The Hall–Kier alpha value is -1.94. The van der Waals surface area contributed by atoms with E-state index >= 15 is 0 Å². The monoisotopic (exact) mass is 284 g/mol. The highest BCUT2D eigenvalue weighted by atomic mass is 16.5. The van der Waals surface area contributed by atoms with Gasteiger partial charge in [0.05, 0.1) is 5.69 Å². The van der Waals surface area contributed by atoms with Crippen molar-refractivity contribution in [2.24, 2.45) is 0 Å². The van der Waals surface area contributed by atoms with E-state index in [0.717, 1.165) is 41.8 Å². The van der Waals surface area contributed by atoms with Crippen LogP contribution in [-0.2, 0) is 19.3 Å². The quantitative estimate of drug-likeness (QED) is 0.877. The normalized spacial score (nSPS) is 14.3. The van der Waals surface area contributed by atoms with Crippen molar-refractivity contribution < 1.29 is 9.84 Å². The molecule has 4 heteroatoms. The molecule has 1 aromatic heterocycles. The predicted octanol–water partition coefficient (Wildman–Crippen LogP) is 3.07. The number of hydrogen-bond acceptors (Lipinski definition) is 4. The maximum Gasteiger partial charge on any atom is 0.225 e. The predicted molar refractivity (Wildman–Crippen MR) is 80.6 cm³/mol. The van der Waals surface area contributed by atoms with Gasteiger partial charge in [-0.2, -0.15) is 0 Å². The van der Waals surface area contributed by atoms with Gasteiger partial charge < -0.3 is 9.84 Å². The molecule has 3 rings (SSSR count). The van der Waals surface area contributed by atoms with Crippen molar-refractivity contribution in [1.82, 2.24) is 9.97 Å². The molecule has 110 valence electrons. The van der Waals surface area contributed by atoms with Crippen LogP contribution in [0.5, 0.6) is 11.6 Å². The van der Waals surface area contributed by atoms with E-state index in [1.807, 2.05) is 24.3 Å². The maximum atomic E-state index is 9.16. The van der Waals surface area contributed by atoms with Crippen LogP contribution in [0.25, 0.3) is 0 Å². The van der Waals surface area contributed by atoms with Gasteiger partial charge in [-0.15, -0.1) is 0 Å². The second-order valence-corrected chi connectivity index (χ2v) is 5.35. The molecule has 0 radical (unpaired) electrons. The van der Waals surface area contributed by atoms with Gasteiger partial charge in [-0.25, -0.2) is 9.97 Å². The maximum absolute atomic E-state index is 9.16. The molecule has 0 atom stereocenters. The van der Waals surface area contributed by atoms with E-state index in [1.54, 1.807) is 6.33 Å². The van der Waals surface area contributed by atoms with Crippen LogP contribution < -0.4 is 4.74 Å². The first-order chi connectivity index (χ1) is 10.4. The number of aryl methyl sites for hydroxylation is 1. The SMILES string of the molecule is OCCc1ccccc1Oc1ncnc2c1CCCCC2. The molecule has 1 N–H and O–H groups in total. The Labute approximate surface area is 124 Å². The third-order valence-corrected chi connectivity index (χ3v) is 3.90. The van der Waals surface area contributed by atoms with Crippen molar-refractivity contribution in [3.8, 4) is 11.6 Å². The summed E-state index contributed by atoms with van der Waals surface area (Å²) in [7, 11) is 0. The lowest BCUT2D eigenvalue weighted by molar-refractivity contribution is 0.297. The molecule has 21 heavy (non-hydrogen) atoms. The minimum absolute atomic E-state index is 0.113. The number of ether oxygens (including phenoxy) is 1. The highest BCUT2D eigenvalue weighted by Crippen LogP contribution is 2.30. The zero-order chi connectivity index (χ0) is 14.5. The number of aromatic nitrogens is 2. The summed E-state index contributed by atoms with van der Waals surface area (Å²) < 4.78 is 6.05. The lowest BCUT2D eigenvalue weighted by atomic mass is 10.1. The number of nitrogens with zero attached hydrogens (tertiary/aromatic N) is 2. The van der Waals surface area contributed by atoms with Crippen molar-refractivity contribution in [2.45, 2.75) is 38.5 Å². The summed E-state index contributed by atoms with van der Waals surface area (Å²) in [6.07, 6.45) is 7.74. The molecule has 2 aromatic rings. The van der Waals surface area contributed by atoms with Gasteiger partial charge in [0.15, 0.2) is 0 Å². The Kier molecular flexibility index (Phi) is 4.46. The molecule has 0 bridgehead atoms. The molecule has 0 aliphatic heterocycles. The molecule has 0 unspecified atom stereocenters. The largest absolute Gasteiger partial charge is 0.438 e. The molecule has 0 amide bonds. The van der Waals surface area contributed by atoms with Crippen molar-refractivity contribution >= 4 is 0 Å². The van der Waals surface area contributed by atoms with Crippen LogP contribution in [0.1, 0.15) is 36.1 Å². The average molecular weight is 284 g/mol. The summed E-state index contributed by atoms with van der Waals surface area (Å²) >= 11 is 0. The van der Waals surface area contributed by atoms with Gasteiger partial charge >= 0.3 is 0 Å². The van der Waals surface area contributed by atoms with E-state index in [4.69, 9.17) is 9.84 Å². The van der Waals surface area contributed by atoms with Crippen LogP contribution in [0, 0.1) is 0 Å². The van der Waals surface area contributed by atoms with Crippen molar-refractivity contribution in [1.29, 1.82) is 0 Å². The van der Waals surface area contributed by atoms with Gasteiger partial charge in [-0.1, -0.05) is 24.6 Å². The number of para-hydroxylation sites is 1. The Morgan fingerprint density at radius 1 is 1.05 bits per heavy atom. The molecule has 0 spiro atoms. The van der Waals surface area contributed by atoms with Crippen molar-refractivity contribution in [3.05, 3.63) is 47.4 Å². The highest BCUT2D eigenvalue weighted by molar-refractivity contribution is 5.39. The standard InChI is InChI=1S/C17H20N2O2/c20-11-10-13-6-4-5-9-16(13)21-17-14-7-2-1-3-8-15(14)18-12-19-17/h4-6,9,12,20H,1-3,7-8,10-11H2. The first kappa shape index (κ1) is 14.0. The van der Waals surface area contributed by atoms with Gasteiger partial charge in [-0.05, 0) is 43.7 Å². The topological polar surface area (TPSA) is 55.2 Å². The third-order valence-electron chi connectivity index (χ3n) is 3.90. The van der Waals surface area contributed by atoms with Crippen LogP contribution in [0.15, 0.2) is 30.6 Å². The molecule has 0 saturated carbocycles. The van der Waals surface area contributed by atoms with E-state index in [9.17, 15) is 0 Å². The number of aliphatic hydroxyl groups is 1. The highest BCUT2D eigenvalue weighted by Gasteiger charge is 2.16. The molecule has 4 nitrogen and oxygen atoms in total. The van der Waals surface area contributed by atoms with Gasteiger partial charge in [0.2, 0.25) is 5.88 Å². The van der Waals surface area contributed by atoms with Gasteiger partial charge in [0.25, 0.3) is 0 Å². The smallest absolute Gasteiger partial charge is 0.225 e. The van der Waals surface area contributed by atoms with Gasteiger partial charge in [0.1, 0.15) is 12.1 Å². The fourth-order valence-corrected chi connectivity index (χ4v) is 2.79. The van der Waals surface area contributed by atoms with E-state index in [0.29, 0.717) is 12.3 Å². The lowest BCUT2D eigenvalue weighted by Crippen LogP contribution is -2.03. The third kappa shape index (κ3) is 3.22. The summed E-state index contributed by atoms with van der Waals surface area (Å²) in [5, 5.41) is 9.16. The molecular weight excluding hydrogens is 264 g/mol.